The molecule has 0 atom stereocenters. The third-order valence-corrected chi connectivity index (χ3v) is 5.86. The molecule has 0 bridgehead atoms. The highest BCUT2D eigenvalue weighted by molar-refractivity contribution is 6.33. The van der Waals surface area contributed by atoms with Crippen LogP contribution in [0.3, 0.4) is 0 Å². The Bertz CT molecular complexity index is 456. The Morgan fingerprint density at radius 1 is 1.00 bits per heavy atom. The lowest BCUT2D eigenvalue weighted by Crippen LogP contribution is -2.41. The van der Waals surface area contributed by atoms with Crippen LogP contribution in [-0.4, -0.2) is 13.1 Å². The fraction of sp³-hybridized carbons (Fsp3) is 0.647. The molecule has 1 aromatic carbocycles. The van der Waals surface area contributed by atoms with Gasteiger partial charge in [-0.25, -0.2) is 0 Å². The molecule has 3 rings (SSSR count). The second-order valence-electron chi connectivity index (χ2n) is 6.43. The van der Waals surface area contributed by atoms with E-state index in [2.05, 4.69) is 11.0 Å². The highest BCUT2D eigenvalue weighted by Crippen LogP contribution is 2.46. The van der Waals surface area contributed by atoms with E-state index in [1.165, 1.54) is 56.2 Å². The van der Waals surface area contributed by atoms with E-state index in [0.29, 0.717) is 11.3 Å². The summed E-state index contributed by atoms with van der Waals surface area (Å²) in [5.41, 5.74) is 2.98. The molecule has 1 spiro atoms. The molecule has 1 aliphatic carbocycles. The van der Waals surface area contributed by atoms with Gasteiger partial charge in [-0.3, -0.25) is 0 Å². The second kappa shape index (κ2) is 6.15. The summed E-state index contributed by atoms with van der Waals surface area (Å²) in [6, 6.07) is 6.08. The van der Waals surface area contributed by atoms with E-state index in [1.807, 2.05) is 12.1 Å². The summed E-state index contributed by atoms with van der Waals surface area (Å²) in [6.07, 6.45) is 9.81. The van der Waals surface area contributed by atoms with Gasteiger partial charge >= 0.3 is 0 Å². The number of rotatable bonds is 2. The summed E-state index contributed by atoms with van der Waals surface area (Å²) in [5, 5.41) is 0.850. The van der Waals surface area contributed by atoms with Crippen molar-refractivity contribution < 1.29 is 0 Å². The SMILES string of the molecule is ClCc1cccc(Cl)c1N1CCC2(CCCCC2)CC1. The van der Waals surface area contributed by atoms with Crippen molar-refractivity contribution in [2.24, 2.45) is 5.41 Å². The normalized spacial score (nSPS) is 22.2. The van der Waals surface area contributed by atoms with Crippen LogP contribution in [0.1, 0.15) is 50.5 Å². The number of piperidine rings is 1. The Morgan fingerprint density at radius 3 is 2.35 bits per heavy atom. The van der Waals surface area contributed by atoms with Crippen LogP contribution in [0, 0.1) is 5.41 Å². The minimum absolute atomic E-state index is 0.539. The molecule has 1 aliphatic heterocycles. The van der Waals surface area contributed by atoms with E-state index in [0.717, 1.165) is 18.1 Å². The maximum atomic E-state index is 6.42. The van der Waals surface area contributed by atoms with Gasteiger partial charge in [-0.1, -0.05) is 43.0 Å². The van der Waals surface area contributed by atoms with E-state index in [9.17, 15) is 0 Å². The number of nitrogens with zero attached hydrogens (tertiary/aromatic N) is 1. The lowest BCUT2D eigenvalue weighted by atomic mass is 9.68. The van der Waals surface area contributed by atoms with Crippen molar-refractivity contribution in [2.75, 3.05) is 18.0 Å². The zero-order valence-electron chi connectivity index (χ0n) is 12.0. The molecule has 1 saturated heterocycles. The zero-order chi connectivity index (χ0) is 14.0. The van der Waals surface area contributed by atoms with Gasteiger partial charge in [0.25, 0.3) is 0 Å². The van der Waals surface area contributed by atoms with E-state index in [-0.39, 0.29) is 0 Å². The topological polar surface area (TPSA) is 3.24 Å². The average Bonchev–Trinajstić information content (AvgIpc) is 2.49. The fourth-order valence-electron chi connectivity index (χ4n) is 4.03. The highest BCUT2D eigenvalue weighted by atomic mass is 35.5. The number of para-hydroxylation sites is 1. The van der Waals surface area contributed by atoms with E-state index < -0.39 is 0 Å². The smallest absolute Gasteiger partial charge is 0.0642 e. The van der Waals surface area contributed by atoms with Gasteiger partial charge in [0.15, 0.2) is 0 Å². The van der Waals surface area contributed by atoms with Crippen molar-refractivity contribution >= 4 is 28.9 Å². The molecule has 3 heteroatoms. The maximum absolute atomic E-state index is 6.42. The standard InChI is InChI=1S/C17H23Cl2N/c18-13-14-5-4-6-15(19)16(14)20-11-9-17(10-12-20)7-2-1-3-8-17/h4-6H,1-3,7-13H2. The molecule has 2 aliphatic rings. The number of halogens is 2. The van der Waals surface area contributed by atoms with Crippen LogP contribution >= 0.6 is 23.2 Å². The molecule has 2 fully saturated rings. The lowest BCUT2D eigenvalue weighted by Gasteiger charge is -2.45. The summed E-state index contributed by atoms with van der Waals surface area (Å²) < 4.78 is 0. The summed E-state index contributed by atoms with van der Waals surface area (Å²) in [7, 11) is 0. The third kappa shape index (κ3) is 2.80. The summed E-state index contributed by atoms with van der Waals surface area (Å²) >= 11 is 12.5. The van der Waals surface area contributed by atoms with Crippen LogP contribution in [0.25, 0.3) is 0 Å². The molecule has 1 saturated carbocycles. The van der Waals surface area contributed by atoms with Crippen LogP contribution in [0.15, 0.2) is 18.2 Å². The second-order valence-corrected chi connectivity index (χ2v) is 7.10. The van der Waals surface area contributed by atoms with Crippen molar-refractivity contribution in [3.8, 4) is 0 Å². The third-order valence-electron chi connectivity index (χ3n) is 5.27. The predicted octanol–water partition coefficient (Wildman–Crippen LogP) is 5.63. The van der Waals surface area contributed by atoms with Crippen LogP contribution < -0.4 is 4.90 Å². The first-order chi connectivity index (χ1) is 9.74. The maximum Gasteiger partial charge on any atom is 0.0642 e. The summed E-state index contributed by atoms with van der Waals surface area (Å²) in [4.78, 5) is 2.46. The predicted molar refractivity (Wildman–Crippen MR) is 88.0 cm³/mol. The Balaban J connectivity index is 1.75. The van der Waals surface area contributed by atoms with Crippen LogP contribution in [0.4, 0.5) is 5.69 Å². The van der Waals surface area contributed by atoms with Crippen LogP contribution in [0.2, 0.25) is 5.02 Å². The Labute approximate surface area is 132 Å². The summed E-state index contributed by atoms with van der Waals surface area (Å²) in [6.45, 7) is 2.27. The van der Waals surface area contributed by atoms with Crippen molar-refractivity contribution in [3.63, 3.8) is 0 Å². The molecular weight excluding hydrogens is 289 g/mol. The van der Waals surface area contributed by atoms with Crippen molar-refractivity contribution in [1.29, 1.82) is 0 Å². The van der Waals surface area contributed by atoms with Crippen molar-refractivity contribution in [2.45, 2.75) is 50.8 Å². The fourth-order valence-corrected chi connectivity index (χ4v) is 4.56. The first-order valence-corrected chi connectivity index (χ1v) is 8.74. The molecule has 1 aromatic rings. The first-order valence-electron chi connectivity index (χ1n) is 7.82. The molecule has 1 heterocycles. The van der Waals surface area contributed by atoms with Gasteiger partial charge in [-0.2, -0.15) is 0 Å². The van der Waals surface area contributed by atoms with E-state index >= 15 is 0 Å². The molecule has 0 amide bonds. The lowest BCUT2D eigenvalue weighted by molar-refractivity contribution is 0.144. The molecule has 0 radical (unpaired) electrons. The Morgan fingerprint density at radius 2 is 1.70 bits per heavy atom. The molecule has 0 N–H and O–H groups in total. The number of alkyl halides is 1. The van der Waals surface area contributed by atoms with Crippen LogP contribution in [-0.2, 0) is 5.88 Å². The van der Waals surface area contributed by atoms with Gasteiger partial charge in [0, 0.05) is 19.0 Å². The molecule has 0 aromatic heterocycles. The van der Waals surface area contributed by atoms with E-state index in [4.69, 9.17) is 23.2 Å². The van der Waals surface area contributed by atoms with Crippen molar-refractivity contribution in [1.82, 2.24) is 0 Å². The largest absolute Gasteiger partial charge is 0.370 e. The average molecular weight is 312 g/mol. The van der Waals surface area contributed by atoms with Gasteiger partial charge in [0.1, 0.15) is 0 Å². The first kappa shape index (κ1) is 14.5. The molecular formula is C17H23Cl2N. The molecule has 110 valence electrons. The molecule has 20 heavy (non-hydrogen) atoms. The van der Waals surface area contributed by atoms with Gasteiger partial charge in [0.05, 0.1) is 10.7 Å². The van der Waals surface area contributed by atoms with E-state index in [1.54, 1.807) is 0 Å². The zero-order valence-corrected chi connectivity index (χ0v) is 13.5. The monoisotopic (exact) mass is 311 g/mol. The van der Waals surface area contributed by atoms with Crippen LogP contribution in [0.5, 0.6) is 0 Å². The van der Waals surface area contributed by atoms with Gasteiger partial charge in [-0.15, -0.1) is 11.6 Å². The van der Waals surface area contributed by atoms with Crippen molar-refractivity contribution in [3.05, 3.63) is 28.8 Å². The molecule has 1 nitrogen and oxygen atoms in total. The van der Waals surface area contributed by atoms with Gasteiger partial charge in [0.2, 0.25) is 0 Å². The number of benzene rings is 1. The Hall–Kier alpha value is -0.400. The minimum Gasteiger partial charge on any atom is -0.370 e. The van der Waals surface area contributed by atoms with Gasteiger partial charge < -0.3 is 4.90 Å². The minimum atomic E-state index is 0.539. The number of hydrogen-bond donors (Lipinski definition) is 0. The quantitative estimate of drug-likeness (QED) is 0.640. The van der Waals surface area contributed by atoms with Gasteiger partial charge in [-0.05, 0) is 42.7 Å². The summed E-state index contributed by atoms with van der Waals surface area (Å²) in [5.74, 6) is 0.539. The Kier molecular flexibility index (Phi) is 4.47. The highest BCUT2D eigenvalue weighted by Gasteiger charge is 2.36. The number of anilines is 1. The molecule has 0 unspecified atom stereocenters. The number of hydrogen-bond acceptors (Lipinski definition) is 1.